The van der Waals surface area contributed by atoms with Crippen LogP contribution in [0.2, 0.25) is 0 Å². The summed E-state index contributed by atoms with van der Waals surface area (Å²) in [6, 6.07) is 1.37. The topological polar surface area (TPSA) is 86.1 Å². The average Bonchev–Trinajstić information content (AvgIpc) is 3.11. The van der Waals surface area contributed by atoms with Gasteiger partial charge in [0, 0.05) is 17.9 Å². The van der Waals surface area contributed by atoms with Crippen LogP contribution in [-0.2, 0) is 26.2 Å². The zero-order chi connectivity index (χ0) is 20.0. The third-order valence-corrected chi connectivity index (χ3v) is 5.19. The second-order valence-corrected chi connectivity index (χ2v) is 8.29. The van der Waals surface area contributed by atoms with Gasteiger partial charge in [0.15, 0.2) is 11.2 Å². The van der Waals surface area contributed by atoms with E-state index in [4.69, 9.17) is 13.9 Å². The van der Waals surface area contributed by atoms with E-state index in [0.29, 0.717) is 12.2 Å². The molecule has 0 unspecified atom stereocenters. The molecule has 1 amide bonds. The molecule has 2 aliphatic heterocycles. The zero-order valence-corrected chi connectivity index (χ0v) is 16.6. The Morgan fingerprint density at radius 1 is 1.33 bits per heavy atom. The van der Waals surface area contributed by atoms with E-state index in [0.717, 1.165) is 19.3 Å². The number of nitrogens with zero attached hydrogens (tertiary/aromatic N) is 1. The van der Waals surface area contributed by atoms with Gasteiger partial charge in [0.25, 0.3) is 5.91 Å². The Morgan fingerprint density at radius 2 is 2.04 bits per heavy atom. The van der Waals surface area contributed by atoms with E-state index >= 15 is 0 Å². The molecule has 3 heterocycles. The van der Waals surface area contributed by atoms with E-state index in [1.165, 1.54) is 18.1 Å². The van der Waals surface area contributed by atoms with Gasteiger partial charge in [-0.1, -0.05) is 40.5 Å². The molecule has 3 rings (SSSR count). The predicted molar refractivity (Wildman–Crippen MR) is 97.3 cm³/mol. The molecule has 27 heavy (non-hydrogen) atoms. The van der Waals surface area contributed by atoms with Crippen LogP contribution in [0.4, 0.5) is 0 Å². The fourth-order valence-electron chi connectivity index (χ4n) is 3.88. The Labute approximate surface area is 158 Å². The van der Waals surface area contributed by atoms with Crippen LogP contribution in [-0.4, -0.2) is 36.7 Å². The molecule has 1 fully saturated rings. The van der Waals surface area contributed by atoms with E-state index in [-0.39, 0.29) is 17.9 Å². The van der Waals surface area contributed by atoms with Crippen molar-refractivity contribution in [2.24, 2.45) is 5.41 Å². The molecule has 0 radical (unpaired) electrons. The summed E-state index contributed by atoms with van der Waals surface area (Å²) in [5.41, 5.74) is -2.50. The molecule has 1 saturated heterocycles. The number of carbonyl (C=O) groups excluding carboxylic acids is 2. The molecule has 1 aromatic heterocycles. The number of esters is 1. The SMILES string of the molecule is CCCCCc1cc(=O)c2c(o1)[C@@]1(C(=O)OC)CO[C@H](C(C)(C)C)N1C2=O. The molecular weight excluding hydrogens is 350 g/mol. The van der Waals surface area contributed by atoms with Crippen LogP contribution < -0.4 is 5.43 Å². The van der Waals surface area contributed by atoms with Crippen LogP contribution in [0.25, 0.3) is 0 Å². The molecule has 2 aliphatic rings. The molecule has 2 atom stereocenters. The number of hydrogen-bond donors (Lipinski definition) is 0. The maximum absolute atomic E-state index is 13.1. The van der Waals surface area contributed by atoms with Crippen molar-refractivity contribution in [3.8, 4) is 0 Å². The standard InChI is InChI=1S/C20H27NO6/c1-6-7-8-9-12-10-13(22)14-15(27-12)20(18(24)25-5)11-26-17(19(2,3)4)21(20)16(14)23/h10,17H,6-9,11H2,1-5H3/t17-,20-/m1/s1. The Morgan fingerprint density at radius 3 is 2.63 bits per heavy atom. The van der Waals surface area contributed by atoms with Crippen molar-refractivity contribution in [2.75, 3.05) is 13.7 Å². The van der Waals surface area contributed by atoms with Gasteiger partial charge >= 0.3 is 5.97 Å². The lowest BCUT2D eigenvalue weighted by Gasteiger charge is -2.35. The van der Waals surface area contributed by atoms with Gasteiger partial charge < -0.3 is 13.9 Å². The highest BCUT2D eigenvalue weighted by Gasteiger charge is 2.67. The van der Waals surface area contributed by atoms with Gasteiger partial charge in [0.2, 0.25) is 5.54 Å². The Kier molecular flexibility index (Phi) is 4.93. The molecule has 0 N–H and O–H groups in total. The minimum atomic E-state index is -1.54. The van der Waals surface area contributed by atoms with Crippen LogP contribution in [0.3, 0.4) is 0 Å². The summed E-state index contributed by atoms with van der Waals surface area (Å²) in [6.45, 7) is 7.72. The van der Waals surface area contributed by atoms with Crippen molar-refractivity contribution in [3.05, 3.63) is 33.4 Å². The second-order valence-electron chi connectivity index (χ2n) is 8.29. The van der Waals surface area contributed by atoms with E-state index < -0.39 is 34.5 Å². The molecule has 148 valence electrons. The first-order chi connectivity index (χ1) is 12.7. The van der Waals surface area contributed by atoms with Crippen LogP contribution in [0.1, 0.15) is 68.8 Å². The number of ether oxygens (including phenoxy) is 2. The fraction of sp³-hybridized carbons (Fsp3) is 0.650. The number of hydrogen-bond acceptors (Lipinski definition) is 6. The average molecular weight is 377 g/mol. The van der Waals surface area contributed by atoms with Crippen molar-refractivity contribution in [2.45, 2.75) is 65.1 Å². The van der Waals surface area contributed by atoms with E-state index in [1.807, 2.05) is 20.8 Å². The molecule has 0 aliphatic carbocycles. The quantitative estimate of drug-likeness (QED) is 0.579. The van der Waals surface area contributed by atoms with Crippen molar-refractivity contribution in [3.63, 3.8) is 0 Å². The first-order valence-electron chi connectivity index (χ1n) is 9.39. The lowest BCUT2D eigenvalue weighted by Crippen LogP contribution is -2.53. The number of rotatable bonds is 5. The highest BCUT2D eigenvalue weighted by Crippen LogP contribution is 2.49. The van der Waals surface area contributed by atoms with Gasteiger partial charge in [-0.3, -0.25) is 14.5 Å². The molecule has 0 bridgehead atoms. The molecule has 1 aromatic rings. The van der Waals surface area contributed by atoms with Crippen LogP contribution >= 0.6 is 0 Å². The molecular formula is C20H27NO6. The van der Waals surface area contributed by atoms with E-state index in [1.54, 1.807) is 0 Å². The summed E-state index contributed by atoms with van der Waals surface area (Å²) in [5.74, 6) is -0.661. The Hall–Kier alpha value is -2.15. The van der Waals surface area contributed by atoms with Crippen molar-refractivity contribution < 1.29 is 23.5 Å². The summed E-state index contributed by atoms with van der Waals surface area (Å²) in [7, 11) is 1.26. The van der Waals surface area contributed by atoms with Crippen LogP contribution in [0, 0.1) is 5.41 Å². The third kappa shape index (κ3) is 2.88. The van der Waals surface area contributed by atoms with Crippen molar-refractivity contribution in [1.29, 1.82) is 0 Å². The number of carbonyl (C=O) groups is 2. The monoisotopic (exact) mass is 377 g/mol. The Bertz CT molecular complexity index is 821. The molecule has 7 nitrogen and oxygen atoms in total. The highest BCUT2D eigenvalue weighted by molar-refractivity contribution is 6.05. The predicted octanol–water partition coefficient (Wildman–Crippen LogP) is 2.60. The van der Waals surface area contributed by atoms with Gasteiger partial charge in [0.1, 0.15) is 17.6 Å². The molecule has 0 saturated carbocycles. The molecule has 7 heteroatoms. The molecule has 0 aromatic carbocycles. The first kappa shape index (κ1) is 19.6. The summed E-state index contributed by atoms with van der Waals surface area (Å²) in [5, 5.41) is 0. The number of aryl methyl sites for hydroxylation is 1. The summed E-state index contributed by atoms with van der Waals surface area (Å²) in [4.78, 5) is 40.0. The van der Waals surface area contributed by atoms with Crippen molar-refractivity contribution in [1.82, 2.24) is 4.90 Å². The van der Waals surface area contributed by atoms with Gasteiger partial charge in [-0.2, -0.15) is 0 Å². The van der Waals surface area contributed by atoms with Gasteiger partial charge in [-0.05, 0) is 6.42 Å². The lowest BCUT2D eigenvalue weighted by atomic mass is 9.91. The smallest absolute Gasteiger partial charge is 0.342 e. The van der Waals surface area contributed by atoms with Crippen LogP contribution in [0.15, 0.2) is 15.3 Å². The largest absolute Gasteiger partial charge is 0.467 e. The van der Waals surface area contributed by atoms with E-state index in [9.17, 15) is 14.4 Å². The maximum atomic E-state index is 13.1. The van der Waals surface area contributed by atoms with Crippen molar-refractivity contribution >= 4 is 11.9 Å². The molecule has 0 spiro atoms. The minimum Gasteiger partial charge on any atom is -0.467 e. The normalized spacial score (nSPS) is 24.1. The van der Waals surface area contributed by atoms with E-state index in [2.05, 4.69) is 6.92 Å². The number of unbranched alkanes of at least 4 members (excludes halogenated alkanes) is 2. The Balaban J connectivity index is 2.16. The number of amides is 1. The lowest BCUT2D eigenvalue weighted by molar-refractivity contribution is -0.153. The van der Waals surface area contributed by atoms with Gasteiger partial charge in [0.05, 0.1) is 13.7 Å². The second kappa shape index (κ2) is 6.78. The summed E-state index contributed by atoms with van der Waals surface area (Å²) in [6.07, 6.45) is 2.81. The first-order valence-corrected chi connectivity index (χ1v) is 9.39. The number of methoxy groups -OCH3 is 1. The summed E-state index contributed by atoms with van der Waals surface area (Å²) >= 11 is 0. The maximum Gasteiger partial charge on any atom is 0.342 e. The zero-order valence-electron chi connectivity index (χ0n) is 16.6. The van der Waals surface area contributed by atoms with Crippen LogP contribution in [0.5, 0.6) is 0 Å². The number of fused-ring (bicyclic) bond motifs is 3. The third-order valence-electron chi connectivity index (χ3n) is 5.19. The summed E-state index contributed by atoms with van der Waals surface area (Å²) < 4.78 is 16.8. The van der Waals surface area contributed by atoms with Gasteiger partial charge in [-0.25, -0.2) is 4.79 Å². The minimum absolute atomic E-state index is 0.0603. The fourth-order valence-corrected chi connectivity index (χ4v) is 3.88. The highest BCUT2D eigenvalue weighted by atomic mass is 16.6. The van der Waals surface area contributed by atoms with Gasteiger partial charge in [-0.15, -0.1) is 0 Å².